The van der Waals surface area contributed by atoms with Crippen molar-refractivity contribution in [3.05, 3.63) is 65.5 Å². The van der Waals surface area contributed by atoms with Crippen LogP contribution < -0.4 is 10.3 Å². The molecule has 2 atom stereocenters. The van der Waals surface area contributed by atoms with E-state index in [0.29, 0.717) is 17.0 Å². The Bertz CT molecular complexity index is 1010. The van der Waals surface area contributed by atoms with Gasteiger partial charge in [0.25, 0.3) is 5.91 Å². The Labute approximate surface area is 173 Å². The van der Waals surface area contributed by atoms with Crippen LogP contribution in [-0.2, 0) is 9.59 Å². The number of benzene rings is 2. The second-order valence-corrected chi connectivity index (χ2v) is 7.67. The van der Waals surface area contributed by atoms with Crippen LogP contribution in [0.4, 0.5) is 10.1 Å². The minimum Gasteiger partial charge on any atom is -0.274 e. The molecule has 0 radical (unpaired) electrons. The molecule has 4 rings (SSSR count). The third-order valence-electron chi connectivity index (χ3n) is 5.83. The molecule has 1 aliphatic heterocycles. The first-order valence-electron chi connectivity index (χ1n) is 10.0. The van der Waals surface area contributed by atoms with Crippen LogP contribution in [-0.4, -0.2) is 23.4 Å². The van der Waals surface area contributed by atoms with Crippen molar-refractivity contribution in [2.24, 2.45) is 16.9 Å². The van der Waals surface area contributed by atoms with Crippen molar-refractivity contribution in [2.45, 2.75) is 32.6 Å². The summed E-state index contributed by atoms with van der Waals surface area (Å²) in [6.45, 7) is 1.71. The maximum Gasteiger partial charge on any atom is 0.274 e. The van der Waals surface area contributed by atoms with Crippen LogP contribution in [0.25, 0.3) is 0 Å². The highest BCUT2D eigenvalue weighted by Crippen LogP contribution is 2.40. The summed E-state index contributed by atoms with van der Waals surface area (Å²) < 4.78 is 13.7. The molecule has 2 fully saturated rings. The average molecular weight is 407 g/mol. The molecular formula is C23H22FN3O3. The van der Waals surface area contributed by atoms with Gasteiger partial charge in [-0.05, 0) is 49.6 Å². The van der Waals surface area contributed by atoms with Gasteiger partial charge in [-0.2, -0.15) is 5.10 Å². The second kappa shape index (κ2) is 8.18. The summed E-state index contributed by atoms with van der Waals surface area (Å²) in [6.07, 6.45) is 3.52. The van der Waals surface area contributed by atoms with Gasteiger partial charge in [0, 0.05) is 0 Å². The minimum atomic E-state index is -0.639. The molecule has 1 saturated heterocycles. The van der Waals surface area contributed by atoms with E-state index in [1.807, 2.05) is 0 Å². The summed E-state index contributed by atoms with van der Waals surface area (Å²) in [6, 6.07) is 12.6. The first-order valence-corrected chi connectivity index (χ1v) is 10.0. The lowest BCUT2D eigenvalue weighted by atomic mass is 9.81. The molecule has 1 aliphatic carbocycles. The van der Waals surface area contributed by atoms with E-state index in [-0.39, 0.29) is 29.2 Å². The van der Waals surface area contributed by atoms with Crippen molar-refractivity contribution in [3.8, 4) is 0 Å². The number of anilines is 1. The Morgan fingerprint density at radius 3 is 2.20 bits per heavy atom. The van der Waals surface area contributed by atoms with E-state index < -0.39 is 11.7 Å². The third kappa shape index (κ3) is 3.63. The zero-order valence-corrected chi connectivity index (χ0v) is 16.6. The van der Waals surface area contributed by atoms with Crippen LogP contribution in [0.15, 0.2) is 53.6 Å². The Morgan fingerprint density at radius 2 is 1.60 bits per heavy atom. The lowest BCUT2D eigenvalue weighted by Crippen LogP contribution is -2.30. The number of rotatable bonds is 4. The summed E-state index contributed by atoms with van der Waals surface area (Å²) in [5.41, 5.74) is 4.03. The molecule has 2 aliphatic rings. The number of hydrogen-bond donors (Lipinski definition) is 1. The van der Waals surface area contributed by atoms with Gasteiger partial charge in [0.2, 0.25) is 11.8 Å². The van der Waals surface area contributed by atoms with E-state index in [4.69, 9.17) is 0 Å². The maximum atomic E-state index is 13.7. The highest BCUT2D eigenvalue weighted by Gasteiger charge is 2.48. The van der Waals surface area contributed by atoms with Crippen LogP contribution in [0.1, 0.15) is 48.5 Å². The second-order valence-electron chi connectivity index (χ2n) is 7.67. The van der Waals surface area contributed by atoms with Gasteiger partial charge in [-0.1, -0.05) is 37.1 Å². The number of hydrazone groups is 1. The molecule has 30 heavy (non-hydrogen) atoms. The van der Waals surface area contributed by atoms with Gasteiger partial charge in [-0.25, -0.2) is 9.82 Å². The van der Waals surface area contributed by atoms with Gasteiger partial charge >= 0.3 is 0 Å². The van der Waals surface area contributed by atoms with Crippen LogP contribution >= 0.6 is 0 Å². The van der Waals surface area contributed by atoms with Gasteiger partial charge in [0.15, 0.2) is 0 Å². The molecule has 1 heterocycles. The molecular weight excluding hydrogens is 385 g/mol. The Kier molecular flexibility index (Phi) is 5.44. The van der Waals surface area contributed by atoms with Gasteiger partial charge < -0.3 is 0 Å². The molecule has 0 aromatic heterocycles. The number of hydrogen-bond acceptors (Lipinski definition) is 4. The molecule has 1 saturated carbocycles. The predicted octanol–water partition coefficient (Wildman–Crippen LogP) is 3.66. The Balaban J connectivity index is 1.47. The first kappa shape index (κ1) is 19.9. The number of halogens is 1. The molecule has 3 amide bonds. The van der Waals surface area contributed by atoms with Gasteiger partial charge in [-0.15, -0.1) is 0 Å². The number of carbonyl (C=O) groups is 3. The van der Waals surface area contributed by atoms with Crippen LogP contribution in [0, 0.1) is 17.7 Å². The maximum absolute atomic E-state index is 13.7. The molecule has 0 spiro atoms. The number of nitrogens with one attached hydrogen (secondary N) is 1. The Hall–Kier alpha value is -3.35. The highest BCUT2D eigenvalue weighted by atomic mass is 19.1. The molecule has 154 valence electrons. The molecule has 1 N–H and O–H groups in total. The van der Waals surface area contributed by atoms with Crippen molar-refractivity contribution >= 4 is 29.1 Å². The fraction of sp³-hybridized carbons (Fsp3) is 0.304. The van der Waals surface area contributed by atoms with Crippen LogP contribution in [0.3, 0.4) is 0 Å². The predicted molar refractivity (Wildman–Crippen MR) is 110 cm³/mol. The fourth-order valence-corrected chi connectivity index (χ4v) is 4.17. The van der Waals surface area contributed by atoms with E-state index in [9.17, 15) is 18.8 Å². The number of carbonyl (C=O) groups excluding carboxylic acids is 3. The zero-order valence-electron chi connectivity index (χ0n) is 16.6. The SMILES string of the molecule is C/C(=N/NC(=O)c1ccccc1F)c1ccc(N2C(=O)C3CCCCC3C2=O)cc1. The third-order valence-corrected chi connectivity index (χ3v) is 5.83. The molecule has 7 heteroatoms. The van der Waals surface area contributed by atoms with E-state index in [1.54, 1.807) is 37.3 Å². The van der Waals surface area contributed by atoms with E-state index in [0.717, 1.165) is 25.7 Å². The molecule has 2 unspecified atom stereocenters. The van der Waals surface area contributed by atoms with Crippen LogP contribution in [0.5, 0.6) is 0 Å². The first-order chi connectivity index (χ1) is 14.5. The highest BCUT2D eigenvalue weighted by molar-refractivity contribution is 6.22. The fourth-order valence-electron chi connectivity index (χ4n) is 4.17. The number of fused-ring (bicyclic) bond motifs is 1. The lowest BCUT2D eigenvalue weighted by Gasteiger charge is -2.19. The topological polar surface area (TPSA) is 78.8 Å². The number of nitrogens with zero attached hydrogens (tertiary/aromatic N) is 2. The molecule has 2 aromatic rings. The zero-order chi connectivity index (χ0) is 21.3. The lowest BCUT2D eigenvalue weighted by molar-refractivity contribution is -0.122. The van der Waals surface area contributed by atoms with E-state index in [1.165, 1.54) is 23.1 Å². The summed E-state index contributed by atoms with van der Waals surface area (Å²) in [4.78, 5) is 38.8. The van der Waals surface area contributed by atoms with Crippen molar-refractivity contribution < 1.29 is 18.8 Å². The minimum absolute atomic E-state index is 0.0862. The van der Waals surface area contributed by atoms with Crippen molar-refractivity contribution in [1.82, 2.24) is 5.43 Å². The summed E-state index contributed by atoms with van der Waals surface area (Å²) >= 11 is 0. The Morgan fingerprint density at radius 1 is 1.00 bits per heavy atom. The van der Waals surface area contributed by atoms with Crippen molar-refractivity contribution in [1.29, 1.82) is 0 Å². The monoisotopic (exact) mass is 407 g/mol. The smallest absolute Gasteiger partial charge is 0.274 e. The molecule has 2 aromatic carbocycles. The summed E-state index contributed by atoms with van der Waals surface area (Å²) in [7, 11) is 0. The molecule has 6 nitrogen and oxygen atoms in total. The number of amides is 3. The van der Waals surface area contributed by atoms with Gasteiger partial charge in [0.05, 0.1) is 28.8 Å². The quantitative estimate of drug-likeness (QED) is 0.477. The summed E-state index contributed by atoms with van der Waals surface area (Å²) in [5, 5.41) is 4.03. The average Bonchev–Trinajstić information content (AvgIpc) is 3.02. The van der Waals surface area contributed by atoms with Gasteiger partial charge in [-0.3, -0.25) is 19.3 Å². The standard InChI is InChI=1S/C23H22FN3O3/c1-14(25-26-21(28)19-8-4-5-9-20(19)24)15-10-12-16(13-11-15)27-22(29)17-6-2-3-7-18(17)23(27)30/h4-5,8-13,17-18H,2-3,6-7H2,1H3,(H,26,28)/b25-14-. The van der Waals surface area contributed by atoms with Gasteiger partial charge in [0.1, 0.15) is 5.82 Å². The van der Waals surface area contributed by atoms with Crippen molar-refractivity contribution in [3.63, 3.8) is 0 Å². The van der Waals surface area contributed by atoms with E-state index in [2.05, 4.69) is 10.5 Å². The summed E-state index contributed by atoms with van der Waals surface area (Å²) in [5.74, 6) is -1.86. The van der Waals surface area contributed by atoms with Crippen molar-refractivity contribution in [2.75, 3.05) is 4.90 Å². The largest absolute Gasteiger partial charge is 0.274 e. The molecule has 0 bridgehead atoms. The van der Waals surface area contributed by atoms with Crippen LogP contribution in [0.2, 0.25) is 0 Å². The normalized spacial score (nSPS) is 21.5. The number of imide groups is 1. The van der Waals surface area contributed by atoms with E-state index >= 15 is 0 Å².